The van der Waals surface area contributed by atoms with Gasteiger partial charge in [0.05, 0.1) is 6.04 Å². The lowest BCUT2D eigenvalue weighted by Crippen LogP contribution is -2.59. The van der Waals surface area contributed by atoms with Crippen molar-refractivity contribution in [3.63, 3.8) is 0 Å². The molecule has 1 saturated heterocycles. The monoisotopic (exact) mass is 334 g/mol. The van der Waals surface area contributed by atoms with Crippen LogP contribution >= 0.6 is 0 Å². The number of benzene rings is 1. The third-order valence-electron chi connectivity index (χ3n) is 4.92. The number of aryl methyl sites for hydroxylation is 1. The molecule has 4 rings (SSSR count). The Morgan fingerprint density at radius 2 is 2.00 bits per heavy atom. The van der Waals surface area contributed by atoms with Gasteiger partial charge in [0, 0.05) is 46.6 Å². The highest BCUT2D eigenvalue weighted by Crippen LogP contribution is 2.48. The summed E-state index contributed by atoms with van der Waals surface area (Å²) in [6.07, 6.45) is 3.56. The highest BCUT2D eigenvalue weighted by Gasteiger charge is 2.48. The van der Waals surface area contributed by atoms with Gasteiger partial charge in [-0.05, 0) is 48.9 Å². The summed E-state index contributed by atoms with van der Waals surface area (Å²) in [4.78, 5) is 22.1. The van der Waals surface area contributed by atoms with Gasteiger partial charge in [0.15, 0.2) is 0 Å². The fraction of sp³-hybridized carbons (Fsp3) is 0.300. The van der Waals surface area contributed by atoms with E-state index in [2.05, 4.69) is 35.2 Å². The average molecular weight is 334 g/mol. The maximum absolute atomic E-state index is 12.8. The predicted octanol–water partition coefficient (Wildman–Crippen LogP) is 4.49. The van der Waals surface area contributed by atoms with Crippen molar-refractivity contribution < 1.29 is 4.79 Å². The lowest BCUT2D eigenvalue weighted by atomic mass is 9.72. The van der Waals surface area contributed by atoms with E-state index in [-0.39, 0.29) is 17.5 Å². The highest BCUT2D eigenvalue weighted by molar-refractivity contribution is 5.93. The van der Waals surface area contributed by atoms with Crippen molar-refractivity contribution in [1.82, 2.24) is 14.9 Å². The van der Waals surface area contributed by atoms with Crippen LogP contribution in [0.3, 0.4) is 0 Å². The molecule has 2 amide bonds. The minimum atomic E-state index is -0.0623. The second-order valence-electron chi connectivity index (χ2n) is 7.48. The number of hydrogen-bond donors (Lipinski definition) is 2. The largest absolute Gasteiger partial charge is 0.359 e. The van der Waals surface area contributed by atoms with E-state index < -0.39 is 0 Å². The molecule has 0 unspecified atom stereocenters. The molecule has 25 heavy (non-hydrogen) atoms. The second kappa shape index (κ2) is 5.62. The number of fused-ring (bicyclic) bond motifs is 1. The molecular weight excluding hydrogens is 312 g/mol. The number of H-pyrrole nitrogens is 1. The minimum absolute atomic E-state index is 0.0560. The molecular formula is C20H22N4O. The molecule has 1 aromatic carbocycles. The molecule has 128 valence electrons. The number of likely N-dealkylation sites (tertiary alicyclic amines) is 1. The van der Waals surface area contributed by atoms with Crippen LogP contribution in [-0.4, -0.2) is 27.4 Å². The van der Waals surface area contributed by atoms with Crippen molar-refractivity contribution >= 4 is 22.6 Å². The summed E-state index contributed by atoms with van der Waals surface area (Å²) in [5.41, 5.74) is 4.18. The van der Waals surface area contributed by atoms with Crippen molar-refractivity contribution in [3.8, 4) is 0 Å². The lowest BCUT2D eigenvalue weighted by Gasteiger charge is -2.54. The van der Waals surface area contributed by atoms with Crippen LogP contribution in [0.5, 0.6) is 0 Å². The topological polar surface area (TPSA) is 61.0 Å². The molecule has 1 aliphatic rings. The van der Waals surface area contributed by atoms with E-state index >= 15 is 0 Å². The lowest BCUT2D eigenvalue weighted by molar-refractivity contribution is -0.0115. The van der Waals surface area contributed by atoms with Gasteiger partial charge in [-0.3, -0.25) is 4.98 Å². The first-order chi connectivity index (χ1) is 11.9. The quantitative estimate of drug-likeness (QED) is 0.725. The van der Waals surface area contributed by atoms with Crippen LogP contribution in [0.15, 0.2) is 48.8 Å². The summed E-state index contributed by atoms with van der Waals surface area (Å²) in [5, 5.41) is 4.14. The number of amides is 2. The SMILES string of the molecule is Cc1cc2cc(NC(=O)N3CC(C)(C)[C@H]3c3ccncc3)ccc2[nH]1. The number of nitrogens with zero attached hydrogens (tertiary/aromatic N) is 2. The molecule has 0 saturated carbocycles. The van der Waals surface area contributed by atoms with E-state index in [1.54, 1.807) is 12.4 Å². The first-order valence-corrected chi connectivity index (χ1v) is 8.51. The summed E-state index contributed by atoms with van der Waals surface area (Å²) >= 11 is 0. The molecule has 2 aromatic heterocycles. The van der Waals surface area contributed by atoms with Crippen molar-refractivity contribution in [2.45, 2.75) is 26.8 Å². The Hall–Kier alpha value is -2.82. The van der Waals surface area contributed by atoms with E-state index in [0.717, 1.165) is 34.4 Å². The molecule has 1 aliphatic heterocycles. The number of pyridine rings is 1. The number of carbonyl (C=O) groups excluding carboxylic acids is 1. The number of anilines is 1. The van der Waals surface area contributed by atoms with Gasteiger partial charge in [-0.1, -0.05) is 13.8 Å². The van der Waals surface area contributed by atoms with Gasteiger partial charge in [0.1, 0.15) is 0 Å². The molecule has 1 fully saturated rings. The van der Waals surface area contributed by atoms with Crippen LogP contribution in [0.1, 0.15) is 31.1 Å². The zero-order valence-corrected chi connectivity index (χ0v) is 14.7. The summed E-state index contributed by atoms with van der Waals surface area (Å²) < 4.78 is 0. The summed E-state index contributed by atoms with van der Waals surface area (Å²) in [7, 11) is 0. The van der Waals surface area contributed by atoms with Gasteiger partial charge in [0.25, 0.3) is 0 Å². The molecule has 5 nitrogen and oxygen atoms in total. The number of hydrogen-bond acceptors (Lipinski definition) is 2. The molecule has 3 heterocycles. The van der Waals surface area contributed by atoms with Crippen molar-refractivity contribution in [2.75, 3.05) is 11.9 Å². The summed E-state index contributed by atoms with van der Waals surface area (Å²) in [6.45, 7) is 7.14. The maximum atomic E-state index is 12.8. The molecule has 0 aliphatic carbocycles. The van der Waals surface area contributed by atoms with Gasteiger partial charge in [0.2, 0.25) is 0 Å². The van der Waals surface area contributed by atoms with Crippen LogP contribution in [0, 0.1) is 12.3 Å². The van der Waals surface area contributed by atoms with E-state index in [1.807, 2.05) is 42.2 Å². The maximum Gasteiger partial charge on any atom is 0.322 e. The first kappa shape index (κ1) is 15.7. The van der Waals surface area contributed by atoms with Crippen LogP contribution in [0.25, 0.3) is 10.9 Å². The van der Waals surface area contributed by atoms with E-state index in [9.17, 15) is 4.79 Å². The molecule has 3 aromatic rings. The Labute approximate surface area is 147 Å². The summed E-state index contributed by atoms with van der Waals surface area (Å²) in [5.74, 6) is 0. The van der Waals surface area contributed by atoms with Gasteiger partial charge in [-0.2, -0.15) is 0 Å². The van der Waals surface area contributed by atoms with Crippen LogP contribution in [0.4, 0.5) is 10.5 Å². The van der Waals surface area contributed by atoms with Crippen LogP contribution < -0.4 is 5.32 Å². The molecule has 2 N–H and O–H groups in total. The average Bonchev–Trinajstić information content (AvgIpc) is 2.93. The summed E-state index contributed by atoms with van der Waals surface area (Å²) in [6, 6.07) is 12.0. The molecule has 0 bridgehead atoms. The van der Waals surface area contributed by atoms with Gasteiger partial charge >= 0.3 is 6.03 Å². The number of rotatable bonds is 2. The number of carbonyl (C=O) groups is 1. The van der Waals surface area contributed by atoms with Crippen molar-refractivity contribution in [1.29, 1.82) is 0 Å². The number of aromatic amines is 1. The van der Waals surface area contributed by atoms with Crippen LogP contribution in [0.2, 0.25) is 0 Å². The third-order valence-corrected chi connectivity index (χ3v) is 4.92. The van der Waals surface area contributed by atoms with E-state index in [4.69, 9.17) is 0 Å². The molecule has 1 atom stereocenters. The van der Waals surface area contributed by atoms with Crippen LogP contribution in [-0.2, 0) is 0 Å². The zero-order chi connectivity index (χ0) is 17.6. The van der Waals surface area contributed by atoms with Crippen molar-refractivity contribution in [2.24, 2.45) is 5.41 Å². The van der Waals surface area contributed by atoms with Gasteiger partial charge in [-0.25, -0.2) is 4.79 Å². The Morgan fingerprint density at radius 1 is 1.24 bits per heavy atom. The predicted molar refractivity (Wildman–Crippen MR) is 99.5 cm³/mol. The second-order valence-corrected chi connectivity index (χ2v) is 7.48. The Balaban J connectivity index is 1.55. The first-order valence-electron chi connectivity index (χ1n) is 8.51. The zero-order valence-electron chi connectivity index (χ0n) is 14.7. The van der Waals surface area contributed by atoms with E-state index in [0.29, 0.717) is 0 Å². The third kappa shape index (κ3) is 2.76. The number of aromatic nitrogens is 2. The van der Waals surface area contributed by atoms with Crippen molar-refractivity contribution in [3.05, 3.63) is 60.0 Å². The number of nitrogens with one attached hydrogen (secondary N) is 2. The fourth-order valence-electron chi connectivity index (χ4n) is 3.84. The molecule has 5 heteroatoms. The Morgan fingerprint density at radius 3 is 2.72 bits per heavy atom. The molecule has 0 spiro atoms. The number of urea groups is 1. The fourth-order valence-corrected chi connectivity index (χ4v) is 3.84. The van der Waals surface area contributed by atoms with Gasteiger partial charge in [-0.15, -0.1) is 0 Å². The smallest absolute Gasteiger partial charge is 0.322 e. The van der Waals surface area contributed by atoms with Gasteiger partial charge < -0.3 is 15.2 Å². The molecule has 0 radical (unpaired) electrons. The Bertz CT molecular complexity index is 929. The van der Waals surface area contributed by atoms with E-state index in [1.165, 1.54) is 0 Å². The normalized spacial score (nSPS) is 18.8. The standard InChI is InChI=1S/C20H22N4O/c1-13-10-15-11-16(4-5-17(15)22-13)23-19(25)24-12-20(2,3)18(24)14-6-8-21-9-7-14/h4-11,18,22H,12H2,1-3H3,(H,23,25)/t18-/m1/s1. The minimum Gasteiger partial charge on any atom is -0.359 e. The Kier molecular flexibility index (Phi) is 3.53. The highest BCUT2D eigenvalue weighted by atomic mass is 16.2.